The van der Waals surface area contributed by atoms with Crippen LogP contribution in [0.4, 0.5) is 0 Å². The molecule has 0 radical (unpaired) electrons. The zero-order chi connectivity index (χ0) is 31.6. The van der Waals surface area contributed by atoms with Gasteiger partial charge in [-0.05, 0) is 64.5 Å². The van der Waals surface area contributed by atoms with E-state index in [1.165, 1.54) is 83.5 Å². The molecule has 0 aromatic rings. The minimum absolute atomic E-state index is 0.0173. The summed E-state index contributed by atoms with van der Waals surface area (Å²) in [4.78, 5) is 27.3. The first-order chi connectivity index (χ1) is 21.1. The number of carbonyl (C=O) groups is 2. The van der Waals surface area contributed by atoms with Crippen molar-refractivity contribution in [2.75, 3.05) is 39.5 Å². The van der Waals surface area contributed by atoms with Crippen molar-refractivity contribution < 1.29 is 24.2 Å². The Labute approximate surface area is 267 Å². The second-order valence-electron chi connectivity index (χ2n) is 12.7. The van der Waals surface area contributed by atoms with Gasteiger partial charge in [0.1, 0.15) is 0 Å². The molecule has 0 rings (SSSR count). The van der Waals surface area contributed by atoms with Gasteiger partial charge in [-0.15, -0.1) is 0 Å². The normalized spacial score (nSPS) is 12.1. The van der Waals surface area contributed by atoms with Crippen LogP contribution in [-0.4, -0.2) is 61.4 Å². The maximum Gasteiger partial charge on any atom is 0.308 e. The summed E-state index contributed by atoms with van der Waals surface area (Å²) in [7, 11) is 0. The van der Waals surface area contributed by atoms with Crippen LogP contribution in [0.1, 0.15) is 181 Å². The molecule has 0 fully saturated rings. The standard InChI is InChI=1S/C37H73NO5/c1-4-7-10-13-15-17-20-28-36(40)42-33-23-21-29-38(31-25-32-39)30-22-24-34-43-37(41)35(26-18-12-9-6-3)27-19-16-14-11-8-5-2/h35,39H,4-34H2,1-3H3. The van der Waals surface area contributed by atoms with Gasteiger partial charge in [0.05, 0.1) is 19.1 Å². The average Bonchev–Trinajstić information content (AvgIpc) is 3.01. The fraction of sp³-hybridized carbons (Fsp3) is 0.946. The Morgan fingerprint density at radius 1 is 0.535 bits per heavy atom. The number of carbonyl (C=O) groups excluding carboxylic acids is 2. The molecule has 1 atom stereocenters. The Kier molecular flexibility index (Phi) is 32.9. The van der Waals surface area contributed by atoms with E-state index in [1.807, 2.05) is 0 Å². The lowest BCUT2D eigenvalue weighted by atomic mass is 9.94. The van der Waals surface area contributed by atoms with Gasteiger partial charge in [0.15, 0.2) is 0 Å². The van der Waals surface area contributed by atoms with Crippen LogP contribution in [0.2, 0.25) is 0 Å². The van der Waals surface area contributed by atoms with Gasteiger partial charge in [-0.1, -0.05) is 124 Å². The first-order valence-electron chi connectivity index (χ1n) is 18.7. The number of aliphatic hydroxyl groups is 1. The van der Waals surface area contributed by atoms with E-state index in [-0.39, 0.29) is 24.5 Å². The van der Waals surface area contributed by atoms with Gasteiger partial charge in [0, 0.05) is 19.6 Å². The van der Waals surface area contributed by atoms with E-state index < -0.39 is 0 Å². The van der Waals surface area contributed by atoms with E-state index in [1.54, 1.807) is 0 Å². The van der Waals surface area contributed by atoms with Gasteiger partial charge in [-0.3, -0.25) is 9.59 Å². The smallest absolute Gasteiger partial charge is 0.308 e. The Balaban J connectivity index is 4.16. The number of hydrogen-bond donors (Lipinski definition) is 1. The number of esters is 2. The van der Waals surface area contributed by atoms with Gasteiger partial charge >= 0.3 is 11.9 Å². The van der Waals surface area contributed by atoms with Crippen LogP contribution in [0.5, 0.6) is 0 Å². The highest BCUT2D eigenvalue weighted by Gasteiger charge is 2.19. The number of unbranched alkanes of at least 4 members (excludes halogenated alkanes) is 16. The van der Waals surface area contributed by atoms with Crippen LogP contribution in [0.25, 0.3) is 0 Å². The summed E-state index contributed by atoms with van der Waals surface area (Å²) >= 11 is 0. The minimum atomic E-state index is -0.0598. The van der Waals surface area contributed by atoms with Crippen molar-refractivity contribution in [3.63, 3.8) is 0 Å². The highest BCUT2D eigenvalue weighted by molar-refractivity contribution is 5.72. The molecule has 0 aromatic carbocycles. The first kappa shape index (κ1) is 41.9. The fourth-order valence-corrected chi connectivity index (χ4v) is 5.65. The van der Waals surface area contributed by atoms with Gasteiger partial charge in [0.25, 0.3) is 0 Å². The van der Waals surface area contributed by atoms with Crippen molar-refractivity contribution in [1.29, 1.82) is 0 Å². The third-order valence-corrected chi connectivity index (χ3v) is 8.51. The number of rotatable bonds is 34. The van der Waals surface area contributed by atoms with Crippen molar-refractivity contribution in [1.82, 2.24) is 4.90 Å². The van der Waals surface area contributed by atoms with Crippen LogP contribution in [-0.2, 0) is 19.1 Å². The minimum Gasteiger partial charge on any atom is -0.466 e. The Morgan fingerprint density at radius 3 is 1.51 bits per heavy atom. The molecule has 0 heterocycles. The van der Waals surface area contributed by atoms with Crippen LogP contribution in [0, 0.1) is 5.92 Å². The molecular weight excluding hydrogens is 538 g/mol. The second-order valence-corrected chi connectivity index (χ2v) is 12.7. The molecule has 0 spiro atoms. The summed E-state index contributed by atoms with van der Waals surface area (Å²) in [6, 6.07) is 0. The number of ether oxygens (including phenoxy) is 2. The van der Waals surface area contributed by atoms with Crippen LogP contribution in [0.15, 0.2) is 0 Å². The van der Waals surface area contributed by atoms with E-state index in [4.69, 9.17) is 9.47 Å². The Morgan fingerprint density at radius 2 is 0.977 bits per heavy atom. The van der Waals surface area contributed by atoms with E-state index in [2.05, 4.69) is 25.7 Å². The SMILES string of the molecule is CCCCCCCCCC(=O)OCCCCN(CCCO)CCCCOC(=O)C(CCCCCC)CCCCCCCC. The summed E-state index contributed by atoms with van der Waals surface area (Å²) in [5.74, 6) is 0.0212. The van der Waals surface area contributed by atoms with Crippen molar-refractivity contribution in [3.8, 4) is 0 Å². The predicted octanol–water partition coefficient (Wildman–Crippen LogP) is 9.80. The number of hydrogen-bond acceptors (Lipinski definition) is 6. The maximum atomic E-state index is 12.9. The summed E-state index contributed by atoms with van der Waals surface area (Å²) in [5.41, 5.74) is 0. The highest BCUT2D eigenvalue weighted by atomic mass is 16.5. The first-order valence-corrected chi connectivity index (χ1v) is 18.7. The fourth-order valence-electron chi connectivity index (χ4n) is 5.65. The summed E-state index contributed by atoms with van der Waals surface area (Å²) < 4.78 is 11.2. The summed E-state index contributed by atoms with van der Waals surface area (Å²) in [5, 5.41) is 9.32. The quantitative estimate of drug-likeness (QED) is 0.0576. The molecule has 1 N–H and O–H groups in total. The molecule has 0 aromatic heterocycles. The molecule has 0 aliphatic carbocycles. The molecular formula is C37H73NO5. The molecule has 0 saturated carbocycles. The van der Waals surface area contributed by atoms with Crippen molar-refractivity contribution in [3.05, 3.63) is 0 Å². The van der Waals surface area contributed by atoms with Crippen molar-refractivity contribution >= 4 is 11.9 Å². The molecule has 6 nitrogen and oxygen atoms in total. The Bertz CT molecular complexity index is 600. The molecule has 6 heteroatoms. The maximum absolute atomic E-state index is 12.9. The molecule has 0 saturated heterocycles. The van der Waals surface area contributed by atoms with E-state index in [0.29, 0.717) is 19.6 Å². The zero-order valence-corrected chi connectivity index (χ0v) is 29.0. The van der Waals surface area contributed by atoms with Crippen LogP contribution < -0.4 is 0 Å². The van der Waals surface area contributed by atoms with Crippen LogP contribution >= 0.6 is 0 Å². The highest BCUT2D eigenvalue weighted by Crippen LogP contribution is 2.20. The van der Waals surface area contributed by atoms with Gasteiger partial charge in [-0.2, -0.15) is 0 Å². The third kappa shape index (κ3) is 29.3. The molecule has 256 valence electrons. The van der Waals surface area contributed by atoms with E-state index >= 15 is 0 Å². The largest absolute Gasteiger partial charge is 0.466 e. The molecule has 43 heavy (non-hydrogen) atoms. The molecule has 0 bridgehead atoms. The van der Waals surface area contributed by atoms with Gasteiger partial charge < -0.3 is 19.5 Å². The molecule has 1 unspecified atom stereocenters. The second kappa shape index (κ2) is 33.7. The van der Waals surface area contributed by atoms with E-state index in [0.717, 1.165) is 90.3 Å². The lowest BCUT2D eigenvalue weighted by molar-refractivity contribution is -0.149. The number of nitrogens with zero attached hydrogens (tertiary/aromatic N) is 1. The monoisotopic (exact) mass is 612 g/mol. The van der Waals surface area contributed by atoms with Crippen LogP contribution in [0.3, 0.4) is 0 Å². The molecule has 0 aliphatic rings. The lowest BCUT2D eigenvalue weighted by Gasteiger charge is -2.22. The molecule has 0 amide bonds. The van der Waals surface area contributed by atoms with Crippen molar-refractivity contribution in [2.24, 2.45) is 5.92 Å². The van der Waals surface area contributed by atoms with Crippen molar-refractivity contribution in [2.45, 2.75) is 181 Å². The predicted molar refractivity (Wildman–Crippen MR) is 181 cm³/mol. The Hall–Kier alpha value is -1.14. The van der Waals surface area contributed by atoms with E-state index in [9.17, 15) is 14.7 Å². The lowest BCUT2D eigenvalue weighted by Crippen LogP contribution is -2.28. The average molecular weight is 612 g/mol. The topological polar surface area (TPSA) is 76.1 Å². The van der Waals surface area contributed by atoms with Gasteiger partial charge in [-0.25, -0.2) is 0 Å². The third-order valence-electron chi connectivity index (χ3n) is 8.51. The summed E-state index contributed by atoms with van der Waals surface area (Å²) in [6.07, 6.45) is 27.7. The molecule has 0 aliphatic heterocycles. The van der Waals surface area contributed by atoms with Gasteiger partial charge in [0.2, 0.25) is 0 Å². The zero-order valence-electron chi connectivity index (χ0n) is 29.0. The summed E-state index contributed by atoms with van der Waals surface area (Å²) in [6.45, 7) is 10.6. The number of aliphatic hydroxyl groups excluding tert-OH is 1.